The minimum absolute atomic E-state index is 0.0180. The van der Waals surface area contributed by atoms with Gasteiger partial charge in [0.05, 0.1) is 6.42 Å². The summed E-state index contributed by atoms with van der Waals surface area (Å²) in [6.45, 7) is 2.89. The number of nitrogens with one attached hydrogen (secondary N) is 2. The van der Waals surface area contributed by atoms with Gasteiger partial charge in [0.1, 0.15) is 5.54 Å². The molecule has 4 amide bonds. The quantitative estimate of drug-likeness (QED) is 0.782. The van der Waals surface area contributed by atoms with E-state index in [1.165, 1.54) is 5.56 Å². The summed E-state index contributed by atoms with van der Waals surface area (Å²) >= 11 is 0. The maximum Gasteiger partial charge on any atom is 0.322 e. The summed E-state index contributed by atoms with van der Waals surface area (Å²) in [6, 6.07) is 12.0. The van der Waals surface area contributed by atoms with Crippen molar-refractivity contribution in [2.75, 3.05) is 13.1 Å². The Hall–Kier alpha value is -3.22. The van der Waals surface area contributed by atoms with Crippen molar-refractivity contribution in [1.29, 1.82) is 0 Å². The Balaban J connectivity index is 1.34. The molecule has 1 aromatic heterocycles. The van der Waals surface area contributed by atoms with E-state index < -0.39 is 17.5 Å². The van der Waals surface area contributed by atoms with Gasteiger partial charge in [0.15, 0.2) is 0 Å². The highest BCUT2D eigenvalue weighted by Gasteiger charge is 2.44. The molecule has 2 N–H and O–H groups in total. The molecule has 2 fully saturated rings. The number of carbonyl (C=O) groups excluding carboxylic acids is 3. The van der Waals surface area contributed by atoms with Gasteiger partial charge in [-0.25, -0.2) is 4.79 Å². The molecule has 2 aromatic rings. The average molecular weight is 392 g/mol. The summed E-state index contributed by atoms with van der Waals surface area (Å²) in [7, 11) is 0. The van der Waals surface area contributed by atoms with E-state index in [0.717, 1.165) is 24.0 Å². The van der Waals surface area contributed by atoms with Crippen LogP contribution in [0.1, 0.15) is 37.7 Å². The van der Waals surface area contributed by atoms with Gasteiger partial charge in [0, 0.05) is 25.5 Å². The molecule has 0 spiro atoms. The van der Waals surface area contributed by atoms with Crippen LogP contribution in [0.5, 0.6) is 0 Å². The highest BCUT2D eigenvalue weighted by Crippen LogP contribution is 2.30. The second kappa shape index (κ2) is 7.66. The van der Waals surface area contributed by atoms with E-state index in [1.807, 2.05) is 12.1 Å². The van der Waals surface area contributed by atoms with E-state index in [1.54, 1.807) is 24.2 Å². The lowest BCUT2D eigenvalue weighted by Crippen LogP contribution is -2.49. The van der Waals surface area contributed by atoms with Crippen LogP contribution in [0.15, 0.2) is 48.8 Å². The molecule has 2 saturated heterocycles. The summed E-state index contributed by atoms with van der Waals surface area (Å²) < 4.78 is 0. The molecule has 4 rings (SSSR count). The number of pyridine rings is 1. The molecule has 7 heteroatoms. The van der Waals surface area contributed by atoms with E-state index in [-0.39, 0.29) is 12.3 Å². The minimum atomic E-state index is -1.16. The summed E-state index contributed by atoms with van der Waals surface area (Å²) in [4.78, 5) is 41.8. The zero-order valence-electron chi connectivity index (χ0n) is 16.4. The Morgan fingerprint density at radius 2 is 1.69 bits per heavy atom. The van der Waals surface area contributed by atoms with Gasteiger partial charge in [-0.2, -0.15) is 0 Å². The molecule has 0 aliphatic carbocycles. The molecule has 0 radical (unpaired) electrons. The normalized spacial score (nSPS) is 22.3. The van der Waals surface area contributed by atoms with E-state index in [4.69, 9.17) is 0 Å². The number of nitrogens with zero attached hydrogens (tertiary/aromatic N) is 2. The van der Waals surface area contributed by atoms with E-state index >= 15 is 0 Å². The number of imide groups is 1. The molecule has 29 heavy (non-hydrogen) atoms. The number of carbonyl (C=O) groups is 3. The van der Waals surface area contributed by atoms with Crippen molar-refractivity contribution in [3.63, 3.8) is 0 Å². The number of amides is 4. The summed E-state index contributed by atoms with van der Waals surface area (Å²) in [5, 5.41) is 4.75. The Bertz CT molecular complexity index is 921. The first-order valence-corrected chi connectivity index (χ1v) is 9.86. The number of likely N-dealkylation sites (tertiary alicyclic amines) is 1. The van der Waals surface area contributed by atoms with Crippen molar-refractivity contribution >= 4 is 17.8 Å². The van der Waals surface area contributed by atoms with Crippen LogP contribution in [0.2, 0.25) is 0 Å². The Morgan fingerprint density at radius 1 is 1.07 bits per heavy atom. The van der Waals surface area contributed by atoms with Crippen LogP contribution < -0.4 is 10.6 Å². The van der Waals surface area contributed by atoms with Crippen LogP contribution in [0.4, 0.5) is 4.79 Å². The molecule has 2 aliphatic rings. The molecule has 150 valence electrons. The zero-order valence-corrected chi connectivity index (χ0v) is 16.4. The maximum absolute atomic E-state index is 12.6. The van der Waals surface area contributed by atoms with E-state index in [9.17, 15) is 14.4 Å². The van der Waals surface area contributed by atoms with Crippen LogP contribution in [-0.2, 0) is 9.59 Å². The first-order chi connectivity index (χ1) is 13.9. The van der Waals surface area contributed by atoms with Gasteiger partial charge in [-0.3, -0.25) is 19.9 Å². The fraction of sp³-hybridized carbons (Fsp3) is 0.364. The average Bonchev–Trinajstić information content (AvgIpc) is 2.99. The van der Waals surface area contributed by atoms with Crippen LogP contribution in [-0.4, -0.2) is 46.4 Å². The lowest BCUT2D eigenvalue weighted by atomic mass is 9.88. The summed E-state index contributed by atoms with van der Waals surface area (Å²) in [6.07, 6.45) is 5.33. The topological polar surface area (TPSA) is 91.4 Å². The molecule has 0 bridgehead atoms. The largest absolute Gasteiger partial charge is 0.343 e. The number of benzene rings is 1. The lowest BCUT2D eigenvalue weighted by molar-refractivity contribution is -0.137. The zero-order chi connectivity index (χ0) is 20.4. The SMILES string of the molecule is CC1(CC(=O)N2CCC(c3ccc(-c4ccncc4)cc3)CC2)NC(=O)NC1=O. The Labute approximate surface area is 169 Å². The van der Waals surface area contributed by atoms with Crippen LogP contribution >= 0.6 is 0 Å². The van der Waals surface area contributed by atoms with Gasteiger partial charge < -0.3 is 10.2 Å². The predicted octanol–water partition coefficient (Wildman–Crippen LogP) is 2.44. The summed E-state index contributed by atoms with van der Waals surface area (Å²) in [5.74, 6) is -0.132. The van der Waals surface area contributed by atoms with Crippen molar-refractivity contribution in [2.45, 2.75) is 37.6 Å². The van der Waals surface area contributed by atoms with Gasteiger partial charge in [0.25, 0.3) is 5.91 Å². The lowest BCUT2D eigenvalue weighted by Gasteiger charge is -2.34. The molecule has 3 heterocycles. The molecular formula is C22H24N4O3. The maximum atomic E-state index is 12.6. The second-order valence-electron chi connectivity index (χ2n) is 7.93. The third-order valence-electron chi connectivity index (χ3n) is 5.87. The van der Waals surface area contributed by atoms with Crippen molar-refractivity contribution < 1.29 is 14.4 Å². The Morgan fingerprint density at radius 3 is 2.28 bits per heavy atom. The number of urea groups is 1. The first-order valence-electron chi connectivity index (χ1n) is 9.86. The highest BCUT2D eigenvalue weighted by atomic mass is 16.2. The van der Waals surface area contributed by atoms with Crippen molar-refractivity contribution in [1.82, 2.24) is 20.5 Å². The first kappa shape index (κ1) is 19.1. The Kier molecular flexibility index (Phi) is 5.05. The fourth-order valence-corrected chi connectivity index (χ4v) is 4.07. The molecular weight excluding hydrogens is 368 g/mol. The third kappa shape index (κ3) is 3.99. The minimum Gasteiger partial charge on any atom is -0.343 e. The molecule has 0 saturated carbocycles. The number of piperidine rings is 1. The van der Waals surface area contributed by atoms with Gasteiger partial charge in [-0.05, 0) is 54.5 Å². The predicted molar refractivity (Wildman–Crippen MR) is 108 cm³/mol. The van der Waals surface area contributed by atoms with E-state index in [0.29, 0.717) is 19.0 Å². The fourth-order valence-electron chi connectivity index (χ4n) is 4.07. The molecule has 1 atom stereocenters. The molecule has 7 nitrogen and oxygen atoms in total. The molecule has 2 aliphatic heterocycles. The van der Waals surface area contributed by atoms with Crippen LogP contribution in [0, 0.1) is 0 Å². The van der Waals surface area contributed by atoms with Crippen LogP contribution in [0.3, 0.4) is 0 Å². The monoisotopic (exact) mass is 392 g/mol. The smallest absolute Gasteiger partial charge is 0.322 e. The van der Waals surface area contributed by atoms with E-state index in [2.05, 4.69) is 39.9 Å². The number of hydrogen-bond acceptors (Lipinski definition) is 4. The second-order valence-corrected chi connectivity index (χ2v) is 7.93. The van der Waals surface area contributed by atoms with Crippen LogP contribution in [0.25, 0.3) is 11.1 Å². The molecule has 1 unspecified atom stereocenters. The highest BCUT2D eigenvalue weighted by molar-refractivity contribution is 6.08. The van der Waals surface area contributed by atoms with Gasteiger partial charge in [0.2, 0.25) is 5.91 Å². The van der Waals surface area contributed by atoms with Crippen molar-refractivity contribution in [3.05, 3.63) is 54.4 Å². The van der Waals surface area contributed by atoms with Gasteiger partial charge in [-0.15, -0.1) is 0 Å². The number of hydrogen-bond donors (Lipinski definition) is 2. The number of aromatic nitrogens is 1. The van der Waals surface area contributed by atoms with Crippen molar-refractivity contribution in [2.24, 2.45) is 0 Å². The van der Waals surface area contributed by atoms with Gasteiger partial charge >= 0.3 is 6.03 Å². The summed E-state index contributed by atoms with van der Waals surface area (Å²) in [5.41, 5.74) is 2.43. The van der Waals surface area contributed by atoms with Gasteiger partial charge in [-0.1, -0.05) is 24.3 Å². The number of rotatable bonds is 4. The third-order valence-corrected chi connectivity index (χ3v) is 5.87. The standard InChI is InChI=1S/C22H24N4O3/c1-22(20(28)24-21(29)25-22)14-19(27)26-12-8-18(9-13-26)16-4-2-15(3-5-16)17-6-10-23-11-7-17/h2-7,10-11,18H,8-9,12-14H2,1H3,(H2,24,25,28,29). The molecule has 1 aromatic carbocycles. The van der Waals surface area contributed by atoms with Crippen molar-refractivity contribution in [3.8, 4) is 11.1 Å².